The predicted octanol–water partition coefficient (Wildman–Crippen LogP) is 2.53. The number of nitrogens with zero attached hydrogens (tertiary/aromatic N) is 1. The van der Waals surface area contributed by atoms with Gasteiger partial charge < -0.3 is 9.47 Å². The van der Waals surface area contributed by atoms with Crippen molar-refractivity contribution in [2.75, 3.05) is 21.3 Å². The van der Waals surface area contributed by atoms with Gasteiger partial charge in [0.25, 0.3) is 5.91 Å². The third kappa shape index (κ3) is 2.90. The number of hydrogen-bond donors (Lipinski definition) is 0. The average molecular weight is 295 g/mol. The third-order valence-corrected chi connectivity index (χ3v) is 4.14. The largest absolute Gasteiger partial charge is 0.497 e. The Kier molecular flexibility index (Phi) is 4.11. The molecule has 100 valence electrons. The minimum absolute atomic E-state index is 0.0863. The Balaban J connectivity index is 2.38. The molecule has 19 heavy (non-hydrogen) atoms. The Morgan fingerprint density at radius 2 is 1.79 bits per heavy atom. The second-order valence-electron chi connectivity index (χ2n) is 3.89. The molecule has 0 atom stereocenters. The molecule has 1 saturated heterocycles. The fourth-order valence-corrected chi connectivity index (χ4v) is 2.79. The van der Waals surface area contributed by atoms with Gasteiger partial charge in [-0.2, -0.15) is 0 Å². The topological polar surface area (TPSA) is 38.8 Å². The van der Waals surface area contributed by atoms with Gasteiger partial charge in [0.15, 0.2) is 0 Å². The first-order chi connectivity index (χ1) is 9.05. The summed E-state index contributed by atoms with van der Waals surface area (Å²) in [6, 6.07) is 5.46. The lowest BCUT2D eigenvalue weighted by Gasteiger charge is -2.06. The van der Waals surface area contributed by atoms with E-state index in [9.17, 15) is 4.79 Å². The molecule has 1 heterocycles. The summed E-state index contributed by atoms with van der Waals surface area (Å²) in [4.78, 5) is 14.0. The van der Waals surface area contributed by atoms with Gasteiger partial charge in [0, 0.05) is 13.1 Å². The first kappa shape index (κ1) is 13.9. The minimum Gasteiger partial charge on any atom is -0.497 e. The van der Waals surface area contributed by atoms with Gasteiger partial charge in [-0.3, -0.25) is 9.69 Å². The van der Waals surface area contributed by atoms with Crippen LogP contribution in [-0.2, 0) is 4.79 Å². The van der Waals surface area contributed by atoms with Crippen molar-refractivity contribution in [3.8, 4) is 11.5 Å². The number of methoxy groups -OCH3 is 2. The molecule has 1 aliphatic rings. The lowest BCUT2D eigenvalue weighted by atomic mass is 10.2. The summed E-state index contributed by atoms with van der Waals surface area (Å²) < 4.78 is 10.9. The van der Waals surface area contributed by atoms with Crippen molar-refractivity contribution in [2.45, 2.75) is 0 Å². The van der Waals surface area contributed by atoms with Crippen LogP contribution in [-0.4, -0.2) is 36.4 Å². The van der Waals surface area contributed by atoms with E-state index < -0.39 is 0 Å². The van der Waals surface area contributed by atoms with E-state index >= 15 is 0 Å². The predicted molar refractivity (Wildman–Crippen MR) is 80.5 cm³/mol. The summed E-state index contributed by atoms with van der Waals surface area (Å²) in [6.07, 6.45) is 1.79. The van der Waals surface area contributed by atoms with E-state index in [0.29, 0.717) is 20.7 Å². The monoisotopic (exact) mass is 295 g/mol. The zero-order chi connectivity index (χ0) is 14.0. The number of amides is 1. The van der Waals surface area contributed by atoms with Gasteiger partial charge >= 0.3 is 0 Å². The van der Waals surface area contributed by atoms with Gasteiger partial charge in [-0.25, -0.2) is 0 Å². The van der Waals surface area contributed by atoms with Crippen LogP contribution in [0.5, 0.6) is 11.5 Å². The Hall–Kier alpha value is -1.53. The second-order valence-corrected chi connectivity index (χ2v) is 5.56. The van der Waals surface area contributed by atoms with Crippen LogP contribution in [0.2, 0.25) is 0 Å². The molecule has 1 aliphatic heterocycles. The molecule has 1 fully saturated rings. The van der Waals surface area contributed by atoms with Crippen molar-refractivity contribution in [1.82, 2.24) is 4.90 Å². The molecule has 6 heteroatoms. The van der Waals surface area contributed by atoms with Gasteiger partial charge in [-0.1, -0.05) is 24.0 Å². The Bertz CT molecular complexity index is 547. The molecule has 0 aliphatic carbocycles. The lowest BCUT2D eigenvalue weighted by Crippen LogP contribution is -2.22. The quantitative estimate of drug-likeness (QED) is 0.633. The number of rotatable bonds is 3. The second kappa shape index (κ2) is 5.63. The summed E-state index contributed by atoms with van der Waals surface area (Å²) >= 11 is 6.38. The highest BCUT2D eigenvalue weighted by atomic mass is 32.2. The van der Waals surface area contributed by atoms with E-state index in [1.54, 1.807) is 33.4 Å². The zero-order valence-electron chi connectivity index (χ0n) is 10.8. The SMILES string of the molecule is COc1cc(C=C2SC(=S)N(C)C2=O)cc(OC)c1. The van der Waals surface area contributed by atoms with Crippen LogP contribution in [0.15, 0.2) is 23.1 Å². The number of thiocarbonyl (C=S) groups is 1. The first-order valence-corrected chi connectivity index (χ1v) is 6.72. The van der Waals surface area contributed by atoms with Crippen LogP contribution in [0.25, 0.3) is 6.08 Å². The molecule has 2 rings (SSSR count). The van der Waals surface area contributed by atoms with Crippen molar-refractivity contribution in [1.29, 1.82) is 0 Å². The normalized spacial score (nSPS) is 17.2. The van der Waals surface area contributed by atoms with Crippen LogP contribution in [0.1, 0.15) is 5.56 Å². The molecule has 1 aromatic carbocycles. The fraction of sp³-hybridized carbons (Fsp3) is 0.231. The average Bonchev–Trinajstić information content (AvgIpc) is 2.65. The molecule has 1 amide bonds. The van der Waals surface area contributed by atoms with Crippen LogP contribution in [0.3, 0.4) is 0 Å². The van der Waals surface area contributed by atoms with Gasteiger partial charge in [0.2, 0.25) is 0 Å². The Morgan fingerprint density at radius 1 is 1.21 bits per heavy atom. The summed E-state index contributed by atoms with van der Waals surface area (Å²) in [7, 11) is 4.85. The lowest BCUT2D eigenvalue weighted by molar-refractivity contribution is -0.121. The maximum atomic E-state index is 11.9. The van der Waals surface area contributed by atoms with E-state index in [-0.39, 0.29) is 5.91 Å². The molecule has 0 aromatic heterocycles. The molecular formula is C13H13NO3S2. The van der Waals surface area contributed by atoms with E-state index in [4.69, 9.17) is 21.7 Å². The van der Waals surface area contributed by atoms with Crippen molar-refractivity contribution in [2.24, 2.45) is 0 Å². The molecule has 0 spiro atoms. The highest BCUT2D eigenvalue weighted by Gasteiger charge is 2.28. The molecule has 0 radical (unpaired) electrons. The number of hydrogen-bond acceptors (Lipinski definition) is 5. The highest BCUT2D eigenvalue weighted by Crippen LogP contribution is 2.32. The molecule has 4 nitrogen and oxygen atoms in total. The molecule has 0 N–H and O–H groups in total. The van der Waals surface area contributed by atoms with Crippen LogP contribution < -0.4 is 9.47 Å². The maximum absolute atomic E-state index is 11.9. The standard InChI is InChI=1S/C13H13NO3S2/c1-14-12(15)11(19-13(14)18)6-8-4-9(16-2)7-10(5-8)17-3/h4-7H,1-3H3. The van der Waals surface area contributed by atoms with Crippen LogP contribution in [0, 0.1) is 0 Å². The zero-order valence-corrected chi connectivity index (χ0v) is 12.4. The number of carbonyl (C=O) groups excluding carboxylic acids is 1. The van der Waals surface area contributed by atoms with Gasteiger partial charge in [-0.05, 0) is 23.8 Å². The van der Waals surface area contributed by atoms with Crippen LogP contribution in [0.4, 0.5) is 0 Å². The summed E-state index contributed by atoms with van der Waals surface area (Å²) in [5.41, 5.74) is 0.838. The number of benzene rings is 1. The molecule has 0 bridgehead atoms. The van der Waals surface area contributed by atoms with E-state index in [1.165, 1.54) is 16.7 Å². The van der Waals surface area contributed by atoms with E-state index in [2.05, 4.69) is 0 Å². The van der Waals surface area contributed by atoms with Gasteiger partial charge in [0.1, 0.15) is 15.8 Å². The Labute approximate surface area is 121 Å². The van der Waals surface area contributed by atoms with E-state index in [1.807, 2.05) is 12.1 Å². The van der Waals surface area contributed by atoms with Crippen molar-refractivity contribution < 1.29 is 14.3 Å². The molecule has 1 aromatic rings. The highest BCUT2D eigenvalue weighted by molar-refractivity contribution is 8.26. The number of ether oxygens (including phenoxy) is 2. The fourth-order valence-electron chi connectivity index (χ4n) is 1.61. The number of carbonyl (C=O) groups is 1. The maximum Gasteiger partial charge on any atom is 0.265 e. The molecule has 0 unspecified atom stereocenters. The van der Waals surface area contributed by atoms with Gasteiger partial charge in [0.05, 0.1) is 19.1 Å². The van der Waals surface area contributed by atoms with Gasteiger partial charge in [-0.15, -0.1) is 0 Å². The van der Waals surface area contributed by atoms with Crippen molar-refractivity contribution >= 4 is 40.3 Å². The first-order valence-electron chi connectivity index (χ1n) is 5.50. The van der Waals surface area contributed by atoms with E-state index in [0.717, 1.165) is 5.56 Å². The number of thioether (sulfide) groups is 1. The smallest absolute Gasteiger partial charge is 0.265 e. The Morgan fingerprint density at radius 3 is 2.21 bits per heavy atom. The molecular weight excluding hydrogens is 282 g/mol. The van der Waals surface area contributed by atoms with Crippen molar-refractivity contribution in [3.05, 3.63) is 28.7 Å². The molecule has 0 saturated carbocycles. The number of likely N-dealkylation sites (N-methyl/N-ethyl adjacent to an activating group) is 1. The van der Waals surface area contributed by atoms with Crippen LogP contribution >= 0.6 is 24.0 Å². The summed E-state index contributed by atoms with van der Waals surface area (Å²) in [5.74, 6) is 1.27. The van der Waals surface area contributed by atoms with Crippen molar-refractivity contribution in [3.63, 3.8) is 0 Å². The summed E-state index contributed by atoms with van der Waals surface area (Å²) in [6.45, 7) is 0. The third-order valence-electron chi connectivity index (χ3n) is 2.66. The summed E-state index contributed by atoms with van der Waals surface area (Å²) in [5, 5.41) is 0. The minimum atomic E-state index is -0.0863.